The number of aliphatic hydroxyl groups excluding tert-OH is 2. The molecule has 0 bridgehead atoms. The van der Waals surface area contributed by atoms with Crippen molar-refractivity contribution in [3.63, 3.8) is 0 Å². The summed E-state index contributed by atoms with van der Waals surface area (Å²) < 4.78 is 15.9. The number of carbonyl (C=O) groups excluding carboxylic acids is 3. The second kappa shape index (κ2) is 10.3. The molecule has 1 amide bonds. The first kappa shape index (κ1) is 21.3. The predicted octanol–water partition coefficient (Wildman–Crippen LogP) is -0.376. The lowest BCUT2D eigenvalue weighted by Crippen LogP contribution is -2.66. The average Bonchev–Trinajstić information content (AvgIpc) is 2.53. The third kappa shape index (κ3) is 6.26. The van der Waals surface area contributed by atoms with Gasteiger partial charge in [0.2, 0.25) is 5.91 Å². The van der Waals surface area contributed by atoms with Crippen molar-refractivity contribution in [1.29, 1.82) is 0 Å². The topological polar surface area (TPSA) is 131 Å². The van der Waals surface area contributed by atoms with Gasteiger partial charge in [-0.1, -0.05) is 13.8 Å². The molecule has 0 aromatic rings. The smallest absolute Gasteiger partial charge is 0.306 e. The summed E-state index contributed by atoms with van der Waals surface area (Å²) in [5, 5.41) is 22.0. The van der Waals surface area contributed by atoms with Crippen LogP contribution in [0.2, 0.25) is 0 Å². The van der Waals surface area contributed by atoms with E-state index in [1.165, 1.54) is 6.92 Å². The SMILES string of the molecule is CCCC(=O)OC1C(CO)OC(O)C(NC(C)=O)C1OC(=O)CCC. The molecule has 5 unspecified atom stereocenters. The molecule has 0 saturated carbocycles. The summed E-state index contributed by atoms with van der Waals surface area (Å²) in [4.78, 5) is 35.3. The van der Waals surface area contributed by atoms with Crippen molar-refractivity contribution in [1.82, 2.24) is 5.32 Å². The first-order valence-electron chi connectivity index (χ1n) is 8.44. The van der Waals surface area contributed by atoms with Gasteiger partial charge in [0.15, 0.2) is 18.5 Å². The van der Waals surface area contributed by atoms with E-state index >= 15 is 0 Å². The summed E-state index contributed by atoms with van der Waals surface area (Å²) in [5.41, 5.74) is 0. The van der Waals surface area contributed by atoms with Gasteiger partial charge in [0.05, 0.1) is 6.61 Å². The molecule has 0 spiro atoms. The van der Waals surface area contributed by atoms with Crippen LogP contribution in [0.4, 0.5) is 0 Å². The van der Waals surface area contributed by atoms with Crippen LogP contribution in [0.25, 0.3) is 0 Å². The van der Waals surface area contributed by atoms with Gasteiger partial charge in [0.1, 0.15) is 12.1 Å². The zero-order valence-corrected chi connectivity index (χ0v) is 14.8. The lowest BCUT2D eigenvalue weighted by Gasteiger charge is -2.43. The van der Waals surface area contributed by atoms with Crippen LogP contribution in [0.5, 0.6) is 0 Å². The fourth-order valence-corrected chi connectivity index (χ4v) is 2.57. The molecule has 9 nitrogen and oxygen atoms in total. The first-order valence-corrected chi connectivity index (χ1v) is 8.44. The van der Waals surface area contributed by atoms with Crippen molar-refractivity contribution in [2.75, 3.05) is 6.61 Å². The fraction of sp³-hybridized carbons (Fsp3) is 0.812. The third-order valence-electron chi connectivity index (χ3n) is 3.66. The number of rotatable bonds is 8. The maximum absolute atomic E-state index is 11.9. The number of aliphatic hydroxyl groups is 2. The Kier molecular flexibility index (Phi) is 8.81. The molecule has 1 aliphatic rings. The number of hydrogen-bond donors (Lipinski definition) is 3. The van der Waals surface area contributed by atoms with Gasteiger partial charge < -0.3 is 29.7 Å². The molecule has 5 atom stereocenters. The highest BCUT2D eigenvalue weighted by atomic mass is 16.7. The molecule has 1 rings (SSSR count). The van der Waals surface area contributed by atoms with Crippen LogP contribution in [-0.4, -0.2) is 65.3 Å². The van der Waals surface area contributed by atoms with Gasteiger partial charge >= 0.3 is 11.9 Å². The van der Waals surface area contributed by atoms with E-state index in [4.69, 9.17) is 14.2 Å². The zero-order chi connectivity index (χ0) is 19.0. The van der Waals surface area contributed by atoms with Crippen LogP contribution >= 0.6 is 0 Å². The van der Waals surface area contributed by atoms with Crippen LogP contribution in [0.3, 0.4) is 0 Å². The van der Waals surface area contributed by atoms with Gasteiger partial charge in [-0.15, -0.1) is 0 Å². The van der Waals surface area contributed by atoms with Gasteiger partial charge in [-0.25, -0.2) is 0 Å². The summed E-state index contributed by atoms with van der Waals surface area (Å²) in [6.07, 6.45) is -3.58. The van der Waals surface area contributed by atoms with Crippen LogP contribution in [0.15, 0.2) is 0 Å². The van der Waals surface area contributed by atoms with Crippen molar-refractivity contribution in [3.05, 3.63) is 0 Å². The van der Waals surface area contributed by atoms with E-state index in [9.17, 15) is 24.6 Å². The number of carbonyl (C=O) groups is 3. The Morgan fingerprint density at radius 2 is 1.56 bits per heavy atom. The van der Waals surface area contributed by atoms with Gasteiger partial charge in [0, 0.05) is 19.8 Å². The highest BCUT2D eigenvalue weighted by molar-refractivity contribution is 5.74. The molecule has 1 fully saturated rings. The third-order valence-corrected chi connectivity index (χ3v) is 3.66. The lowest BCUT2D eigenvalue weighted by molar-refractivity contribution is -0.264. The molecule has 9 heteroatoms. The van der Waals surface area contributed by atoms with Crippen molar-refractivity contribution in [3.8, 4) is 0 Å². The maximum Gasteiger partial charge on any atom is 0.306 e. The molecule has 1 heterocycles. The minimum Gasteiger partial charge on any atom is -0.456 e. The van der Waals surface area contributed by atoms with E-state index in [-0.39, 0.29) is 12.8 Å². The highest BCUT2D eigenvalue weighted by Crippen LogP contribution is 2.26. The minimum absolute atomic E-state index is 0.125. The van der Waals surface area contributed by atoms with Crippen molar-refractivity contribution < 1.29 is 38.8 Å². The van der Waals surface area contributed by atoms with E-state index in [1.54, 1.807) is 13.8 Å². The van der Waals surface area contributed by atoms with E-state index in [0.717, 1.165) is 0 Å². The lowest BCUT2D eigenvalue weighted by atomic mass is 9.96. The Balaban J connectivity index is 3.08. The number of hydrogen-bond acceptors (Lipinski definition) is 8. The van der Waals surface area contributed by atoms with Gasteiger partial charge in [0.25, 0.3) is 0 Å². The van der Waals surface area contributed by atoms with E-state index in [1.807, 2.05) is 0 Å². The molecular weight excluding hydrogens is 334 g/mol. The van der Waals surface area contributed by atoms with Crippen LogP contribution in [0.1, 0.15) is 46.5 Å². The molecule has 1 aliphatic heterocycles. The molecule has 1 saturated heterocycles. The standard InChI is InChI=1S/C16H27NO8/c1-4-6-11(20)24-14-10(8-18)23-16(22)13(17-9(3)19)15(14)25-12(21)7-5-2/h10,13-16,18,22H,4-8H2,1-3H3,(H,17,19). The summed E-state index contributed by atoms with van der Waals surface area (Å²) in [5.74, 6) is -1.60. The molecular formula is C16H27NO8. The largest absolute Gasteiger partial charge is 0.456 e. The Labute approximate surface area is 146 Å². The highest BCUT2D eigenvalue weighted by Gasteiger charge is 2.50. The van der Waals surface area contributed by atoms with E-state index < -0.39 is 55.1 Å². The number of esters is 2. The van der Waals surface area contributed by atoms with Gasteiger partial charge in [-0.2, -0.15) is 0 Å². The van der Waals surface area contributed by atoms with Crippen LogP contribution < -0.4 is 5.32 Å². The quantitative estimate of drug-likeness (QED) is 0.499. The second-order valence-corrected chi connectivity index (χ2v) is 5.88. The molecule has 144 valence electrons. The van der Waals surface area contributed by atoms with Crippen LogP contribution in [-0.2, 0) is 28.6 Å². The minimum atomic E-state index is -1.53. The normalized spacial score (nSPS) is 28.9. The second-order valence-electron chi connectivity index (χ2n) is 5.88. The summed E-state index contributed by atoms with van der Waals surface area (Å²) in [7, 11) is 0. The van der Waals surface area contributed by atoms with Gasteiger partial charge in [-0.05, 0) is 12.8 Å². The molecule has 0 radical (unpaired) electrons. The van der Waals surface area contributed by atoms with E-state index in [0.29, 0.717) is 12.8 Å². The summed E-state index contributed by atoms with van der Waals surface area (Å²) >= 11 is 0. The van der Waals surface area contributed by atoms with E-state index in [2.05, 4.69) is 5.32 Å². The Hall–Kier alpha value is -1.71. The molecule has 0 aromatic carbocycles. The zero-order valence-electron chi connectivity index (χ0n) is 14.8. The Morgan fingerprint density at radius 1 is 1.04 bits per heavy atom. The first-order chi connectivity index (χ1) is 11.8. The molecule has 0 aromatic heterocycles. The Bertz CT molecular complexity index is 469. The van der Waals surface area contributed by atoms with Crippen LogP contribution in [0, 0.1) is 0 Å². The maximum atomic E-state index is 11.9. The number of nitrogens with one attached hydrogen (secondary N) is 1. The summed E-state index contributed by atoms with van der Waals surface area (Å²) in [6.45, 7) is 4.26. The summed E-state index contributed by atoms with van der Waals surface area (Å²) in [6, 6.07) is -1.12. The molecule has 3 N–H and O–H groups in total. The molecule has 0 aliphatic carbocycles. The average molecular weight is 361 g/mol. The molecule has 25 heavy (non-hydrogen) atoms. The number of ether oxygens (including phenoxy) is 3. The monoisotopic (exact) mass is 361 g/mol. The van der Waals surface area contributed by atoms with Crippen molar-refractivity contribution in [2.24, 2.45) is 0 Å². The fourth-order valence-electron chi connectivity index (χ4n) is 2.57. The van der Waals surface area contributed by atoms with Gasteiger partial charge in [-0.3, -0.25) is 14.4 Å². The van der Waals surface area contributed by atoms with Crippen molar-refractivity contribution in [2.45, 2.75) is 77.1 Å². The number of amides is 1. The van der Waals surface area contributed by atoms with Crippen molar-refractivity contribution >= 4 is 17.8 Å². The Morgan fingerprint density at radius 3 is 2.00 bits per heavy atom. The predicted molar refractivity (Wildman–Crippen MR) is 85.1 cm³/mol.